The summed E-state index contributed by atoms with van der Waals surface area (Å²) < 4.78 is 25.2. The quantitative estimate of drug-likeness (QED) is 0.817. The Hall–Kier alpha value is -1.36. The zero-order valence-electron chi connectivity index (χ0n) is 9.64. The number of carbonyl (C=O) groups is 1. The van der Waals surface area contributed by atoms with Crippen LogP contribution in [0.15, 0.2) is 24.3 Å². The maximum atomic E-state index is 11.8. The molecule has 2 rings (SSSR count). The zero-order chi connectivity index (χ0) is 12.5. The highest BCUT2D eigenvalue weighted by molar-refractivity contribution is 7.92. The molecule has 0 aromatic heterocycles. The van der Waals surface area contributed by atoms with Gasteiger partial charge in [-0.2, -0.15) is 0 Å². The molecule has 1 aromatic rings. The van der Waals surface area contributed by atoms with Crippen molar-refractivity contribution in [3.63, 3.8) is 0 Å². The molecule has 1 aromatic carbocycles. The summed E-state index contributed by atoms with van der Waals surface area (Å²) in [6, 6.07) is 6.68. The van der Waals surface area contributed by atoms with Crippen LogP contribution in [-0.2, 0) is 10.0 Å². The Morgan fingerprint density at radius 3 is 2.71 bits per heavy atom. The topological polar surface area (TPSA) is 63.2 Å². The molecule has 1 aliphatic carbocycles. The number of nitrogens with one attached hydrogen (secondary N) is 1. The van der Waals surface area contributed by atoms with Gasteiger partial charge in [-0.15, -0.1) is 0 Å². The average Bonchev–Trinajstić information content (AvgIpc) is 3.12. The highest BCUT2D eigenvalue weighted by Crippen LogP contribution is 2.33. The molecular weight excluding hydrogens is 238 g/mol. The summed E-state index contributed by atoms with van der Waals surface area (Å²) in [4.78, 5) is 11.8. The van der Waals surface area contributed by atoms with E-state index in [1.54, 1.807) is 31.2 Å². The molecule has 17 heavy (non-hydrogen) atoms. The van der Waals surface area contributed by atoms with Gasteiger partial charge < -0.3 is 0 Å². The average molecular weight is 253 g/mol. The Kier molecular flexibility index (Phi) is 3.19. The van der Waals surface area contributed by atoms with Crippen LogP contribution in [0.25, 0.3) is 0 Å². The van der Waals surface area contributed by atoms with Crippen molar-refractivity contribution in [3.8, 4) is 0 Å². The van der Waals surface area contributed by atoms with E-state index in [0.717, 1.165) is 12.8 Å². The second kappa shape index (κ2) is 4.49. The minimum Gasteiger partial charge on any atom is -0.294 e. The molecule has 0 radical (unpaired) electrons. The van der Waals surface area contributed by atoms with Gasteiger partial charge in [0.25, 0.3) is 0 Å². The van der Waals surface area contributed by atoms with Crippen molar-refractivity contribution < 1.29 is 13.2 Å². The maximum Gasteiger partial charge on any atom is 0.232 e. The smallest absolute Gasteiger partial charge is 0.232 e. The van der Waals surface area contributed by atoms with Gasteiger partial charge in [-0.1, -0.05) is 12.1 Å². The Morgan fingerprint density at radius 2 is 2.12 bits per heavy atom. The highest BCUT2D eigenvalue weighted by Gasteiger charge is 2.30. The van der Waals surface area contributed by atoms with Gasteiger partial charge in [-0.25, -0.2) is 8.42 Å². The second-order valence-corrected chi connectivity index (χ2v) is 6.24. The normalized spacial score (nSPS) is 15.6. The fourth-order valence-corrected chi connectivity index (χ4v) is 2.20. The lowest BCUT2D eigenvalue weighted by Gasteiger charge is -2.07. The molecule has 4 nitrogen and oxygen atoms in total. The van der Waals surface area contributed by atoms with Crippen LogP contribution >= 0.6 is 0 Å². The van der Waals surface area contributed by atoms with Crippen molar-refractivity contribution in [2.45, 2.75) is 19.8 Å². The summed E-state index contributed by atoms with van der Waals surface area (Å²) in [5.41, 5.74) is 1.04. The number of sulfonamides is 1. The van der Waals surface area contributed by atoms with Crippen LogP contribution in [0.5, 0.6) is 0 Å². The zero-order valence-corrected chi connectivity index (χ0v) is 10.5. The monoisotopic (exact) mass is 253 g/mol. The van der Waals surface area contributed by atoms with Gasteiger partial charge >= 0.3 is 0 Å². The third kappa shape index (κ3) is 3.06. The number of ketones is 1. The van der Waals surface area contributed by atoms with E-state index in [9.17, 15) is 13.2 Å². The molecule has 0 bridgehead atoms. The van der Waals surface area contributed by atoms with Crippen LogP contribution in [-0.4, -0.2) is 20.0 Å². The number of anilines is 1. The lowest BCUT2D eigenvalue weighted by atomic mass is 10.1. The summed E-state index contributed by atoms with van der Waals surface area (Å²) >= 11 is 0. The summed E-state index contributed by atoms with van der Waals surface area (Å²) in [6.07, 6.45) is 1.90. The number of hydrogen-bond donors (Lipinski definition) is 1. The molecule has 0 amide bonds. The molecule has 0 unspecified atom stereocenters. The van der Waals surface area contributed by atoms with Crippen molar-refractivity contribution >= 4 is 21.5 Å². The van der Waals surface area contributed by atoms with E-state index >= 15 is 0 Å². The Labute approximate surface area is 101 Å². The van der Waals surface area contributed by atoms with Crippen LogP contribution in [0.3, 0.4) is 0 Å². The lowest BCUT2D eigenvalue weighted by molar-refractivity contribution is 0.0967. The van der Waals surface area contributed by atoms with E-state index in [4.69, 9.17) is 0 Å². The number of benzene rings is 1. The Balaban J connectivity index is 2.19. The van der Waals surface area contributed by atoms with Crippen LogP contribution < -0.4 is 4.72 Å². The number of Topliss-reactive ketones (excluding diaryl/α,β-unsaturated/α-hetero) is 1. The molecule has 92 valence electrons. The summed E-state index contributed by atoms with van der Waals surface area (Å²) in [5.74, 6) is 0.281. The maximum absolute atomic E-state index is 11.8. The highest BCUT2D eigenvalue weighted by atomic mass is 32.2. The number of carbonyl (C=O) groups excluding carboxylic acids is 1. The fraction of sp³-hybridized carbons (Fsp3) is 0.417. The van der Waals surface area contributed by atoms with Crippen LogP contribution in [0.2, 0.25) is 0 Å². The first-order chi connectivity index (χ1) is 8.02. The van der Waals surface area contributed by atoms with Crippen molar-refractivity contribution in [2.24, 2.45) is 5.92 Å². The van der Waals surface area contributed by atoms with Gasteiger partial charge in [-0.3, -0.25) is 9.52 Å². The van der Waals surface area contributed by atoms with Gasteiger partial charge in [0.1, 0.15) is 0 Å². The number of rotatable bonds is 5. The van der Waals surface area contributed by atoms with Crippen LogP contribution in [0.4, 0.5) is 5.69 Å². The predicted molar refractivity (Wildman–Crippen MR) is 66.6 cm³/mol. The van der Waals surface area contributed by atoms with Crippen LogP contribution in [0, 0.1) is 5.92 Å². The Morgan fingerprint density at radius 1 is 1.41 bits per heavy atom. The first-order valence-electron chi connectivity index (χ1n) is 5.66. The summed E-state index contributed by atoms with van der Waals surface area (Å²) in [6.45, 7) is 1.57. The third-order valence-electron chi connectivity index (χ3n) is 2.75. The summed E-state index contributed by atoms with van der Waals surface area (Å²) in [5, 5.41) is 0. The standard InChI is InChI=1S/C12H15NO3S/c1-2-17(15,16)13-11-5-3-4-10(8-11)12(14)9-6-7-9/h3-5,8-9,13H,2,6-7H2,1H3. The molecule has 0 heterocycles. The van der Waals surface area contributed by atoms with Gasteiger partial charge in [0, 0.05) is 17.2 Å². The molecule has 1 fully saturated rings. The SMILES string of the molecule is CCS(=O)(=O)Nc1cccc(C(=O)C2CC2)c1. The molecule has 0 atom stereocenters. The van der Waals surface area contributed by atoms with E-state index in [2.05, 4.69) is 4.72 Å². The molecule has 0 spiro atoms. The molecule has 1 N–H and O–H groups in total. The first-order valence-corrected chi connectivity index (χ1v) is 7.32. The van der Waals surface area contributed by atoms with E-state index in [1.165, 1.54) is 0 Å². The Bertz CT molecular complexity index is 532. The predicted octanol–water partition coefficient (Wildman–Crippen LogP) is 2.04. The van der Waals surface area contributed by atoms with Gasteiger partial charge in [0.05, 0.1) is 5.75 Å². The van der Waals surface area contributed by atoms with Gasteiger partial charge in [-0.05, 0) is 31.9 Å². The lowest BCUT2D eigenvalue weighted by Crippen LogP contribution is -2.15. The van der Waals surface area contributed by atoms with E-state index < -0.39 is 10.0 Å². The van der Waals surface area contributed by atoms with Crippen LogP contribution in [0.1, 0.15) is 30.1 Å². The molecular formula is C12H15NO3S. The minimum atomic E-state index is -3.28. The van der Waals surface area contributed by atoms with Crippen molar-refractivity contribution in [2.75, 3.05) is 10.5 Å². The van der Waals surface area contributed by atoms with E-state index in [1.807, 2.05) is 0 Å². The number of hydrogen-bond acceptors (Lipinski definition) is 3. The fourth-order valence-electron chi connectivity index (χ4n) is 1.57. The van der Waals surface area contributed by atoms with Crippen molar-refractivity contribution in [3.05, 3.63) is 29.8 Å². The first kappa shape index (κ1) is 12.1. The third-order valence-corrected chi connectivity index (χ3v) is 4.06. The molecule has 0 aliphatic heterocycles. The molecule has 1 saturated carbocycles. The molecule has 1 aliphatic rings. The molecule has 5 heteroatoms. The van der Waals surface area contributed by atoms with Gasteiger partial charge in [0.15, 0.2) is 5.78 Å². The van der Waals surface area contributed by atoms with E-state index in [-0.39, 0.29) is 17.5 Å². The summed E-state index contributed by atoms with van der Waals surface area (Å²) in [7, 11) is -3.28. The molecule has 0 saturated heterocycles. The van der Waals surface area contributed by atoms with E-state index in [0.29, 0.717) is 11.3 Å². The van der Waals surface area contributed by atoms with Crippen molar-refractivity contribution in [1.82, 2.24) is 0 Å². The second-order valence-electron chi connectivity index (χ2n) is 4.22. The van der Waals surface area contributed by atoms with Crippen molar-refractivity contribution in [1.29, 1.82) is 0 Å². The van der Waals surface area contributed by atoms with Gasteiger partial charge in [0.2, 0.25) is 10.0 Å². The largest absolute Gasteiger partial charge is 0.294 e. The minimum absolute atomic E-state index is 0.0216.